The molecule has 3 fully saturated rings. The summed E-state index contributed by atoms with van der Waals surface area (Å²) in [6.07, 6.45) is 0.618. The molecule has 4 rings (SSSR count). The average Bonchev–Trinajstić information content (AvgIpc) is 3.20. The minimum Gasteiger partial charge on any atom is -0.461 e. The van der Waals surface area contributed by atoms with Gasteiger partial charge < -0.3 is 14.8 Å². The SMILES string of the molecule is O=C(COC(=O)[C@@H]1[C@H]2C[C@H]3[C@H](OC(=O)[C@@H]31)[C@@H]2Br)Nc1ccc(Br)c(Cl)c1. The Morgan fingerprint density at radius 2 is 2.12 bits per heavy atom. The summed E-state index contributed by atoms with van der Waals surface area (Å²) in [6, 6.07) is 4.97. The third kappa shape index (κ3) is 2.96. The zero-order chi connectivity index (χ0) is 18.6. The van der Waals surface area contributed by atoms with Gasteiger partial charge in [0.25, 0.3) is 5.91 Å². The van der Waals surface area contributed by atoms with E-state index < -0.39 is 30.3 Å². The standard InChI is InChI=1S/C17H14Br2ClNO5/c18-9-2-1-6(3-10(9)20)21-11(22)5-25-16(23)12-7-4-8-13(12)17(24)26-15(8)14(7)19/h1-3,7-8,12-15H,4-5H2,(H,21,22)/t7-,8-,12-,13+,14-,15+/m1/s1. The number of halogens is 3. The van der Waals surface area contributed by atoms with Crippen LogP contribution in [0.4, 0.5) is 5.69 Å². The third-order valence-corrected chi connectivity index (χ3v) is 7.78. The molecule has 0 radical (unpaired) electrons. The lowest BCUT2D eigenvalue weighted by molar-refractivity contribution is -0.157. The van der Waals surface area contributed by atoms with Gasteiger partial charge in [0.05, 0.1) is 21.7 Å². The molecule has 1 aromatic rings. The van der Waals surface area contributed by atoms with E-state index in [0.29, 0.717) is 15.2 Å². The van der Waals surface area contributed by atoms with Gasteiger partial charge in [0.15, 0.2) is 6.61 Å². The molecule has 1 amide bonds. The van der Waals surface area contributed by atoms with Crippen LogP contribution in [0.2, 0.25) is 5.02 Å². The van der Waals surface area contributed by atoms with Crippen molar-refractivity contribution in [2.24, 2.45) is 23.7 Å². The number of benzene rings is 1. The van der Waals surface area contributed by atoms with E-state index in [1.54, 1.807) is 18.2 Å². The van der Waals surface area contributed by atoms with E-state index in [0.717, 1.165) is 6.42 Å². The maximum atomic E-state index is 12.5. The number of hydrogen-bond acceptors (Lipinski definition) is 5. The predicted octanol–water partition coefficient (Wildman–Crippen LogP) is 3.16. The number of ether oxygens (including phenoxy) is 2. The lowest BCUT2D eigenvalue weighted by Gasteiger charge is -2.26. The van der Waals surface area contributed by atoms with Crippen molar-refractivity contribution in [1.82, 2.24) is 0 Å². The van der Waals surface area contributed by atoms with Crippen molar-refractivity contribution < 1.29 is 23.9 Å². The smallest absolute Gasteiger partial charge is 0.310 e. The first-order valence-corrected chi connectivity index (χ1v) is 10.2. The van der Waals surface area contributed by atoms with Crippen molar-refractivity contribution in [3.8, 4) is 0 Å². The molecule has 1 N–H and O–H groups in total. The lowest BCUT2D eigenvalue weighted by Crippen LogP contribution is -2.39. The normalized spacial score (nSPS) is 33.9. The Bertz CT molecular complexity index is 803. The fraction of sp³-hybridized carbons (Fsp3) is 0.471. The fourth-order valence-corrected chi connectivity index (χ4v) is 5.77. The molecule has 1 heterocycles. The van der Waals surface area contributed by atoms with E-state index in [4.69, 9.17) is 21.1 Å². The molecule has 26 heavy (non-hydrogen) atoms. The number of nitrogens with one attached hydrogen (secondary N) is 1. The van der Waals surface area contributed by atoms with E-state index in [1.807, 2.05) is 0 Å². The van der Waals surface area contributed by atoms with Gasteiger partial charge >= 0.3 is 11.9 Å². The van der Waals surface area contributed by atoms with Crippen molar-refractivity contribution in [3.05, 3.63) is 27.7 Å². The lowest BCUT2D eigenvalue weighted by atomic mass is 9.80. The summed E-state index contributed by atoms with van der Waals surface area (Å²) in [5, 5.41) is 3.08. The number of amides is 1. The van der Waals surface area contributed by atoms with Gasteiger partial charge in [0.1, 0.15) is 6.10 Å². The van der Waals surface area contributed by atoms with Gasteiger partial charge in [-0.25, -0.2) is 0 Å². The minimum atomic E-state index is -0.550. The molecule has 9 heteroatoms. The Morgan fingerprint density at radius 3 is 2.85 bits per heavy atom. The molecule has 2 saturated carbocycles. The highest BCUT2D eigenvalue weighted by atomic mass is 79.9. The Hall–Kier alpha value is -1.12. The molecule has 0 aromatic heterocycles. The first kappa shape index (κ1) is 18.3. The summed E-state index contributed by atoms with van der Waals surface area (Å²) in [4.78, 5) is 36.6. The van der Waals surface area contributed by atoms with Crippen LogP contribution in [0.25, 0.3) is 0 Å². The van der Waals surface area contributed by atoms with Crippen LogP contribution in [0.5, 0.6) is 0 Å². The summed E-state index contributed by atoms with van der Waals surface area (Å²) in [7, 11) is 0. The number of rotatable bonds is 4. The third-order valence-electron chi connectivity index (χ3n) is 5.34. The van der Waals surface area contributed by atoms with Crippen LogP contribution in [0, 0.1) is 23.7 Å². The fourth-order valence-electron chi connectivity index (χ4n) is 4.30. The summed E-state index contributed by atoms with van der Waals surface area (Å²) in [5.41, 5.74) is 0.502. The summed E-state index contributed by atoms with van der Waals surface area (Å²) >= 11 is 12.8. The van der Waals surface area contributed by atoms with E-state index in [2.05, 4.69) is 37.2 Å². The van der Waals surface area contributed by atoms with Crippen LogP contribution in [0.1, 0.15) is 6.42 Å². The van der Waals surface area contributed by atoms with E-state index in [9.17, 15) is 14.4 Å². The molecule has 1 aliphatic heterocycles. The molecule has 2 bridgehead atoms. The Kier molecular flexibility index (Phi) is 4.77. The number of fused-ring (bicyclic) bond motifs is 1. The van der Waals surface area contributed by atoms with Crippen LogP contribution in [0.3, 0.4) is 0 Å². The molecule has 138 valence electrons. The zero-order valence-electron chi connectivity index (χ0n) is 13.3. The summed E-state index contributed by atoms with van der Waals surface area (Å²) in [6.45, 7) is -0.418. The minimum absolute atomic E-state index is 0.00212. The molecule has 6 nitrogen and oxygen atoms in total. The van der Waals surface area contributed by atoms with Crippen molar-refractivity contribution in [1.29, 1.82) is 0 Å². The van der Waals surface area contributed by atoms with E-state index in [-0.39, 0.29) is 28.7 Å². The topological polar surface area (TPSA) is 81.7 Å². The van der Waals surface area contributed by atoms with Gasteiger partial charge in [0, 0.05) is 16.1 Å². The van der Waals surface area contributed by atoms with Crippen molar-refractivity contribution in [3.63, 3.8) is 0 Å². The highest BCUT2D eigenvalue weighted by molar-refractivity contribution is 9.10. The van der Waals surface area contributed by atoms with E-state index >= 15 is 0 Å². The number of hydrogen-bond donors (Lipinski definition) is 1. The number of anilines is 1. The zero-order valence-corrected chi connectivity index (χ0v) is 17.2. The summed E-state index contributed by atoms with van der Waals surface area (Å²) in [5.74, 6) is -2.25. The average molecular weight is 508 g/mol. The molecule has 6 atom stereocenters. The largest absolute Gasteiger partial charge is 0.461 e. The van der Waals surface area contributed by atoms with Crippen LogP contribution in [-0.2, 0) is 23.9 Å². The van der Waals surface area contributed by atoms with Crippen LogP contribution >= 0.6 is 43.5 Å². The number of carbonyl (C=O) groups is 3. The molecule has 0 spiro atoms. The molecule has 1 aromatic carbocycles. The van der Waals surface area contributed by atoms with E-state index in [1.165, 1.54) is 0 Å². The van der Waals surface area contributed by atoms with Crippen molar-refractivity contribution >= 4 is 67.0 Å². The van der Waals surface area contributed by atoms with Crippen LogP contribution in [0.15, 0.2) is 22.7 Å². The molecule has 2 aliphatic carbocycles. The van der Waals surface area contributed by atoms with Gasteiger partial charge in [0.2, 0.25) is 0 Å². The van der Waals surface area contributed by atoms with Crippen LogP contribution < -0.4 is 5.32 Å². The molecular formula is C17H14Br2ClNO5. The number of alkyl halides is 1. The maximum absolute atomic E-state index is 12.5. The molecule has 0 unspecified atom stereocenters. The first-order chi connectivity index (χ1) is 12.4. The van der Waals surface area contributed by atoms with Crippen molar-refractivity contribution in [2.45, 2.75) is 17.4 Å². The first-order valence-electron chi connectivity index (χ1n) is 8.13. The highest BCUT2D eigenvalue weighted by Crippen LogP contribution is 2.60. The van der Waals surface area contributed by atoms with Gasteiger partial charge in [-0.15, -0.1) is 0 Å². The molecular weight excluding hydrogens is 493 g/mol. The summed E-state index contributed by atoms with van der Waals surface area (Å²) < 4.78 is 11.3. The Balaban J connectivity index is 1.36. The second kappa shape index (κ2) is 6.80. The van der Waals surface area contributed by atoms with Gasteiger partial charge in [-0.3, -0.25) is 14.4 Å². The van der Waals surface area contributed by atoms with Gasteiger partial charge in [-0.1, -0.05) is 27.5 Å². The second-order valence-electron chi connectivity index (χ2n) is 6.75. The maximum Gasteiger partial charge on any atom is 0.310 e. The number of carbonyl (C=O) groups excluding carboxylic acids is 3. The van der Waals surface area contributed by atoms with Crippen LogP contribution in [-0.4, -0.2) is 35.4 Å². The monoisotopic (exact) mass is 505 g/mol. The predicted molar refractivity (Wildman–Crippen MR) is 99.9 cm³/mol. The Labute approximate surface area is 171 Å². The Morgan fingerprint density at radius 1 is 1.35 bits per heavy atom. The van der Waals surface area contributed by atoms with Crippen molar-refractivity contribution in [2.75, 3.05) is 11.9 Å². The number of esters is 2. The highest BCUT2D eigenvalue weighted by Gasteiger charge is 2.68. The van der Waals surface area contributed by atoms with Gasteiger partial charge in [-0.2, -0.15) is 0 Å². The molecule has 3 aliphatic rings. The van der Waals surface area contributed by atoms with Gasteiger partial charge in [-0.05, 0) is 46.5 Å². The molecule has 1 saturated heterocycles. The second-order valence-corrected chi connectivity index (χ2v) is 9.06. The quantitative estimate of drug-likeness (QED) is 0.500.